The lowest BCUT2D eigenvalue weighted by Crippen LogP contribution is -2.12. The molecule has 0 amide bonds. The third-order valence-electron chi connectivity index (χ3n) is 2.54. The summed E-state index contributed by atoms with van der Waals surface area (Å²) in [5.74, 6) is 0.704. The maximum atomic E-state index is 4.16. The Kier molecular flexibility index (Phi) is 1.86. The SMILES string of the molecule is CC(C)(C)c1cnnc(C2CC2)c1. The average molecular weight is 176 g/mol. The summed E-state index contributed by atoms with van der Waals surface area (Å²) in [7, 11) is 0. The van der Waals surface area contributed by atoms with Crippen LogP contribution < -0.4 is 0 Å². The van der Waals surface area contributed by atoms with Crippen LogP contribution in [-0.2, 0) is 5.41 Å². The van der Waals surface area contributed by atoms with E-state index >= 15 is 0 Å². The molecule has 0 aliphatic heterocycles. The first-order valence-electron chi connectivity index (χ1n) is 4.90. The van der Waals surface area contributed by atoms with Crippen molar-refractivity contribution in [2.45, 2.75) is 44.9 Å². The van der Waals surface area contributed by atoms with Gasteiger partial charge in [0.1, 0.15) is 0 Å². The molecule has 1 fully saturated rings. The Hall–Kier alpha value is -0.920. The molecule has 0 N–H and O–H groups in total. The Morgan fingerprint density at radius 2 is 2.00 bits per heavy atom. The highest BCUT2D eigenvalue weighted by Crippen LogP contribution is 2.39. The first-order chi connectivity index (χ1) is 6.07. The summed E-state index contributed by atoms with van der Waals surface area (Å²) in [6.07, 6.45) is 4.47. The van der Waals surface area contributed by atoms with E-state index in [9.17, 15) is 0 Å². The Balaban J connectivity index is 2.32. The van der Waals surface area contributed by atoms with E-state index in [0.29, 0.717) is 5.92 Å². The zero-order valence-electron chi connectivity index (χ0n) is 8.54. The van der Waals surface area contributed by atoms with Gasteiger partial charge < -0.3 is 0 Å². The molecule has 1 saturated carbocycles. The predicted molar refractivity (Wildman–Crippen MR) is 52.7 cm³/mol. The van der Waals surface area contributed by atoms with Gasteiger partial charge in [-0.25, -0.2) is 0 Å². The highest BCUT2D eigenvalue weighted by atomic mass is 15.1. The first-order valence-corrected chi connectivity index (χ1v) is 4.90. The van der Waals surface area contributed by atoms with Crippen molar-refractivity contribution in [1.82, 2.24) is 10.2 Å². The molecule has 0 radical (unpaired) electrons. The third kappa shape index (κ3) is 1.87. The topological polar surface area (TPSA) is 25.8 Å². The van der Waals surface area contributed by atoms with Crippen LogP contribution in [0, 0.1) is 0 Å². The van der Waals surface area contributed by atoms with Crippen molar-refractivity contribution in [3.63, 3.8) is 0 Å². The summed E-state index contributed by atoms with van der Waals surface area (Å²) in [5, 5.41) is 8.23. The van der Waals surface area contributed by atoms with Crippen molar-refractivity contribution in [2.75, 3.05) is 0 Å². The molecule has 0 bridgehead atoms. The molecule has 2 nitrogen and oxygen atoms in total. The Labute approximate surface area is 79.4 Å². The Morgan fingerprint density at radius 3 is 2.54 bits per heavy atom. The second kappa shape index (κ2) is 2.79. The second-order valence-electron chi connectivity index (χ2n) is 4.89. The Bertz CT molecular complexity index is 308. The highest BCUT2D eigenvalue weighted by Gasteiger charge is 2.26. The normalized spacial score (nSPS) is 17.5. The zero-order valence-corrected chi connectivity index (χ0v) is 8.54. The maximum Gasteiger partial charge on any atom is 0.0664 e. The number of hydrogen-bond donors (Lipinski definition) is 0. The molecule has 0 saturated heterocycles. The molecular weight excluding hydrogens is 160 g/mol. The fourth-order valence-corrected chi connectivity index (χ4v) is 1.37. The third-order valence-corrected chi connectivity index (χ3v) is 2.54. The summed E-state index contributed by atoms with van der Waals surface area (Å²) in [4.78, 5) is 0. The van der Waals surface area contributed by atoms with Crippen LogP contribution in [-0.4, -0.2) is 10.2 Å². The van der Waals surface area contributed by atoms with Crippen LogP contribution in [0.2, 0.25) is 0 Å². The van der Waals surface area contributed by atoms with Crippen LogP contribution in [0.3, 0.4) is 0 Å². The molecule has 1 aromatic rings. The quantitative estimate of drug-likeness (QED) is 0.657. The summed E-state index contributed by atoms with van der Waals surface area (Å²) in [6, 6.07) is 2.21. The van der Waals surface area contributed by atoms with Crippen LogP contribution in [0.4, 0.5) is 0 Å². The van der Waals surface area contributed by atoms with Gasteiger partial charge in [0.25, 0.3) is 0 Å². The average Bonchev–Trinajstić information content (AvgIpc) is 2.85. The number of nitrogens with zero attached hydrogens (tertiary/aromatic N) is 2. The molecule has 13 heavy (non-hydrogen) atoms. The molecule has 1 aliphatic rings. The molecule has 2 heteroatoms. The molecule has 0 spiro atoms. The second-order valence-corrected chi connectivity index (χ2v) is 4.89. The minimum Gasteiger partial charge on any atom is -0.159 e. The molecule has 70 valence electrons. The molecule has 2 rings (SSSR count). The molecule has 0 unspecified atom stereocenters. The van der Waals surface area contributed by atoms with E-state index in [2.05, 4.69) is 37.0 Å². The van der Waals surface area contributed by atoms with Crippen molar-refractivity contribution in [1.29, 1.82) is 0 Å². The lowest BCUT2D eigenvalue weighted by molar-refractivity contribution is 0.582. The predicted octanol–water partition coefficient (Wildman–Crippen LogP) is 2.65. The van der Waals surface area contributed by atoms with Crippen LogP contribution in [0.5, 0.6) is 0 Å². The smallest absolute Gasteiger partial charge is 0.0664 e. The van der Waals surface area contributed by atoms with Gasteiger partial charge in [-0.2, -0.15) is 10.2 Å². The molecule has 1 heterocycles. The van der Waals surface area contributed by atoms with Gasteiger partial charge in [-0.15, -0.1) is 0 Å². The number of rotatable bonds is 1. The number of aromatic nitrogens is 2. The summed E-state index contributed by atoms with van der Waals surface area (Å²) >= 11 is 0. The van der Waals surface area contributed by atoms with E-state index in [-0.39, 0.29) is 5.41 Å². The molecule has 0 aromatic carbocycles. The van der Waals surface area contributed by atoms with Gasteiger partial charge in [0.2, 0.25) is 0 Å². The van der Waals surface area contributed by atoms with E-state index in [0.717, 1.165) is 0 Å². The molecule has 0 atom stereocenters. The molecule has 1 aliphatic carbocycles. The van der Waals surface area contributed by atoms with Crippen molar-refractivity contribution in [3.05, 3.63) is 23.5 Å². The van der Waals surface area contributed by atoms with Crippen molar-refractivity contribution in [3.8, 4) is 0 Å². The van der Waals surface area contributed by atoms with Gasteiger partial charge in [-0.1, -0.05) is 20.8 Å². The summed E-state index contributed by atoms with van der Waals surface area (Å²) in [5.41, 5.74) is 2.68. The molecule has 1 aromatic heterocycles. The molecular formula is C11H16N2. The van der Waals surface area contributed by atoms with Crippen LogP contribution in [0.1, 0.15) is 50.8 Å². The van der Waals surface area contributed by atoms with E-state index in [1.807, 2.05) is 6.20 Å². The van der Waals surface area contributed by atoms with E-state index in [1.165, 1.54) is 24.1 Å². The summed E-state index contributed by atoms with van der Waals surface area (Å²) < 4.78 is 0. The fourth-order valence-electron chi connectivity index (χ4n) is 1.37. The van der Waals surface area contributed by atoms with E-state index in [1.54, 1.807) is 0 Å². The van der Waals surface area contributed by atoms with Crippen molar-refractivity contribution in [2.24, 2.45) is 0 Å². The van der Waals surface area contributed by atoms with Crippen LogP contribution in [0.15, 0.2) is 12.3 Å². The van der Waals surface area contributed by atoms with Gasteiger partial charge in [0.15, 0.2) is 0 Å². The standard InChI is InChI=1S/C11H16N2/c1-11(2,3)9-6-10(8-4-5-8)13-12-7-9/h6-8H,4-5H2,1-3H3. The monoisotopic (exact) mass is 176 g/mol. The lowest BCUT2D eigenvalue weighted by Gasteiger charge is -2.18. The minimum atomic E-state index is 0.194. The zero-order chi connectivity index (χ0) is 9.47. The van der Waals surface area contributed by atoms with Crippen molar-refractivity contribution >= 4 is 0 Å². The summed E-state index contributed by atoms with van der Waals surface area (Å²) in [6.45, 7) is 6.63. The first kappa shape index (κ1) is 8.67. The minimum absolute atomic E-state index is 0.194. The highest BCUT2D eigenvalue weighted by molar-refractivity contribution is 5.24. The van der Waals surface area contributed by atoms with Gasteiger partial charge in [0, 0.05) is 5.92 Å². The Morgan fingerprint density at radius 1 is 1.31 bits per heavy atom. The number of hydrogen-bond acceptors (Lipinski definition) is 2. The van der Waals surface area contributed by atoms with Crippen LogP contribution in [0.25, 0.3) is 0 Å². The van der Waals surface area contributed by atoms with Crippen molar-refractivity contribution < 1.29 is 0 Å². The van der Waals surface area contributed by atoms with Gasteiger partial charge in [-0.3, -0.25) is 0 Å². The van der Waals surface area contributed by atoms with Crippen LogP contribution >= 0.6 is 0 Å². The van der Waals surface area contributed by atoms with Gasteiger partial charge >= 0.3 is 0 Å². The van der Waals surface area contributed by atoms with Gasteiger partial charge in [0.05, 0.1) is 11.9 Å². The largest absolute Gasteiger partial charge is 0.159 e. The lowest BCUT2D eigenvalue weighted by atomic mass is 9.88. The van der Waals surface area contributed by atoms with Gasteiger partial charge in [-0.05, 0) is 29.9 Å². The van der Waals surface area contributed by atoms with E-state index < -0.39 is 0 Å². The van der Waals surface area contributed by atoms with E-state index in [4.69, 9.17) is 0 Å². The fraction of sp³-hybridized carbons (Fsp3) is 0.636. The maximum absolute atomic E-state index is 4.16.